The molecule has 0 amide bonds. The molecule has 0 aliphatic heterocycles. The summed E-state index contributed by atoms with van der Waals surface area (Å²) in [6.07, 6.45) is 1.42. The first-order valence-electron chi connectivity index (χ1n) is 4.18. The highest BCUT2D eigenvalue weighted by molar-refractivity contribution is 9.10. The van der Waals surface area contributed by atoms with Crippen molar-refractivity contribution in [2.75, 3.05) is 7.11 Å². The van der Waals surface area contributed by atoms with Gasteiger partial charge in [0.15, 0.2) is 0 Å². The van der Waals surface area contributed by atoms with Crippen LogP contribution >= 0.6 is 15.9 Å². The lowest BCUT2D eigenvalue weighted by atomic mass is 10.2. The van der Waals surface area contributed by atoms with Crippen LogP contribution in [0.3, 0.4) is 0 Å². The van der Waals surface area contributed by atoms with Crippen LogP contribution < -0.4 is 4.74 Å². The second kappa shape index (κ2) is 5.50. The van der Waals surface area contributed by atoms with Crippen LogP contribution in [0.5, 0.6) is 5.75 Å². The smallest absolute Gasteiger partial charge is 0.331 e. The van der Waals surface area contributed by atoms with E-state index in [1.807, 2.05) is 12.1 Å². The summed E-state index contributed by atoms with van der Waals surface area (Å²) in [5, 5.41) is 3.52. The van der Waals surface area contributed by atoms with Gasteiger partial charge in [-0.2, -0.15) is 0 Å². The van der Waals surface area contributed by atoms with E-state index >= 15 is 0 Å². The Morgan fingerprint density at radius 3 is 2.87 bits per heavy atom. The third kappa shape index (κ3) is 3.71. The molecule has 0 fully saturated rings. The molecule has 0 saturated heterocycles. The van der Waals surface area contributed by atoms with E-state index < -0.39 is 5.97 Å². The van der Waals surface area contributed by atoms with Crippen LogP contribution in [0.2, 0.25) is 0 Å². The number of oxime groups is 1. The maximum atomic E-state index is 10.5. The lowest BCUT2D eigenvalue weighted by Gasteiger charge is -2.03. The number of rotatable bonds is 3. The van der Waals surface area contributed by atoms with E-state index in [1.165, 1.54) is 13.1 Å². The quantitative estimate of drug-likeness (QED) is 0.482. The number of hydrogen-bond donors (Lipinski definition) is 0. The number of nitrogens with zero attached hydrogens (tertiary/aromatic N) is 1. The molecular weight excluding hydrogens is 262 g/mol. The Balaban J connectivity index is 2.87. The molecule has 0 aliphatic carbocycles. The predicted molar refractivity (Wildman–Crippen MR) is 60.1 cm³/mol. The standard InChI is InChI=1S/C10H10BrNO3/c1-7(13)15-12-6-8-5-9(11)3-4-10(8)14-2/h3-6H,1-2H3/b12-6-. The molecule has 0 N–H and O–H groups in total. The molecule has 1 aromatic rings. The fraction of sp³-hybridized carbons (Fsp3) is 0.200. The highest BCUT2D eigenvalue weighted by atomic mass is 79.9. The largest absolute Gasteiger partial charge is 0.496 e. The number of benzene rings is 1. The van der Waals surface area contributed by atoms with Gasteiger partial charge in [0.05, 0.1) is 13.3 Å². The summed E-state index contributed by atoms with van der Waals surface area (Å²) in [4.78, 5) is 14.9. The minimum Gasteiger partial charge on any atom is -0.496 e. The molecular formula is C10H10BrNO3. The molecule has 0 spiro atoms. The highest BCUT2D eigenvalue weighted by Gasteiger charge is 2.01. The summed E-state index contributed by atoms with van der Waals surface area (Å²) in [7, 11) is 1.56. The molecule has 15 heavy (non-hydrogen) atoms. The van der Waals surface area contributed by atoms with Gasteiger partial charge < -0.3 is 9.57 Å². The van der Waals surface area contributed by atoms with E-state index in [2.05, 4.69) is 25.9 Å². The van der Waals surface area contributed by atoms with Crippen molar-refractivity contribution in [3.63, 3.8) is 0 Å². The molecule has 0 atom stereocenters. The molecule has 1 aromatic carbocycles. The van der Waals surface area contributed by atoms with Crippen LogP contribution in [0.15, 0.2) is 27.8 Å². The first-order chi connectivity index (χ1) is 7.13. The molecule has 0 aromatic heterocycles. The van der Waals surface area contributed by atoms with Crippen molar-refractivity contribution in [2.45, 2.75) is 6.92 Å². The number of carbonyl (C=O) groups excluding carboxylic acids is 1. The molecule has 5 heteroatoms. The highest BCUT2D eigenvalue weighted by Crippen LogP contribution is 2.21. The van der Waals surface area contributed by atoms with Gasteiger partial charge in [0.25, 0.3) is 0 Å². The van der Waals surface area contributed by atoms with Crippen molar-refractivity contribution in [3.05, 3.63) is 28.2 Å². The average molecular weight is 272 g/mol. The third-order valence-corrected chi connectivity index (χ3v) is 2.06. The maximum absolute atomic E-state index is 10.5. The van der Waals surface area contributed by atoms with E-state index in [0.717, 1.165) is 10.0 Å². The molecule has 0 saturated carbocycles. The zero-order valence-electron chi connectivity index (χ0n) is 8.36. The molecule has 0 unspecified atom stereocenters. The van der Waals surface area contributed by atoms with Crippen LogP contribution in [0.25, 0.3) is 0 Å². The Bertz CT molecular complexity index is 390. The van der Waals surface area contributed by atoms with E-state index in [1.54, 1.807) is 13.2 Å². The number of ether oxygens (including phenoxy) is 1. The van der Waals surface area contributed by atoms with Gasteiger partial charge in [-0.15, -0.1) is 0 Å². The van der Waals surface area contributed by atoms with Crippen LogP contribution in [-0.4, -0.2) is 19.3 Å². The average Bonchev–Trinajstić information content (AvgIpc) is 2.17. The fourth-order valence-electron chi connectivity index (χ4n) is 0.963. The van der Waals surface area contributed by atoms with Gasteiger partial charge in [-0.3, -0.25) is 0 Å². The summed E-state index contributed by atoms with van der Waals surface area (Å²) in [6.45, 7) is 1.29. The molecule has 0 aliphatic rings. The van der Waals surface area contributed by atoms with Crippen molar-refractivity contribution >= 4 is 28.1 Å². The van der Waals surface area contributed by atoms with Crippen molar-refractivity contribution in [1.29, 1.82) is 0 Å². The summed E-state index contributed by atoms with van der Waals surface area (Å²) in [5.74, 6) is 0.203. The Morgan fingerprint density at radius 1 is 1.53 bits per heavy atom. The van der Waals surface area contributed by atoms with Gasteiger partial charge in [-0.25, -0.2) is 4.79 Å². The van der Waals surface area contributed by atoms with E-state index in [4.69, 9.17) is 4.74 Å². The zero-order valence-corrected chi connectivity index (χ0v) is 9.95. The Kier molecular flexibility index (Phi) is 4.30. The second-order valence-corrected chi connectivity index (χ2v) is 3.62. The number of hydrogen-bond acceptors (Lipinski definition) is 4. The first-order valence-corrected chi connectivity index (χ1v) is 4.97. The minimum absolute atomic E-state index is 0.458. The van der Waals surface area contributed by atoms with Crippen LogP contribution in [0.1, 0.15) is 12.5 Å². The molecule has 4 nitrogen and oxygen atoms in total. The van der Waals surface area contributed by atoms with Crippen molar-refractivity contribution in [1.82, 2.24) is 0 Å². The molecule has 0 bridgehead atoms. The van der Waals surface area contributed by atoms with Gasteiger partial charge in [0.1, 0.15) is 5.75 Å². The Labute approximate surface area is 96.0 Å². The molecule has 80 valence electrons. The summed E-state index contributed by atoms with van der Waals surface area (Å²) < 4.78 is 6.00. The second-order valence-electron chi connectivity index (χ2n) is 2.70. The van der Waals surface area contributed by atoms with Crippen LogP contribution in [-0.2, 0) is 9.63 Å². The molecule has 1 rings (SSSR count). The van der Waals surface area contributed by atoms with Gasteiger partial charge in [-0.05, 0) is 18.2 Å². The van der Waals surface area contributed by atoms with Gasteiger partial charge in [0, 0.05) is 17.0 Å². The van der Waals surface area contributed by atoms with E-state index in [9.17, 15) is 4.79 Å². The van der Waals surface area contributed by atoms with Gasteiger partial charge >= 0.3 is 5.97 Å². The SMILES string of the molecule is COc1ccc(Br)cc1/C=N\OC(C)=O. The monoisotopic (exact) mass is 271 g/mol. The summed E-state index contributed by atoms with van der Waals surface area (Å²) in [5.41, 5.74) is 0.730. The molecule has 0 radical (unpaired) electrons. The van der Waals surface area contributed by atoms with Crippen molar-refractivity contribution in [2.24, 2.45) is 5.16 Å². The lowest BCUT2D eigenvalue weighted by Crippen LogP contribution is -1.94. The number of methoxy groups -OCH3 is 1. The van der Waals surface area contributed by atoms with Crippen molar-refractivity contribution < 1.29 is 14.4 Å². The minimum atomic E-state index is -0.458. The van der Waals surface area contributed by atoms with Crippen molar-refractivity contribution in [3.8, 4) is 5.75 Å². The first kappa shape index (κ1) is 11.7. The predicted octanol–water partition coefficient (Wildman–Crippen LogP) is 2.35. The number of carbonyl (C=O) groups is 1. The Hall–Kier alpha value is -1.36. The zero-order chi connectivity index (χ0) is 11.3. The van der Waals surface area contributed by atoms with E-state index in [0.29, 0.717) is 5.75 Å². The van der Waals surface area contributed by atoms with Gasteiger partial charge in [0.2, 0.25) is 0 Å². The summed E-state index contributed by atoms with van der Waals surface area (Å²) in [6, 6.07) is 5.45. The number of halogens is 1. The van der Waals surface area contributed by atoms with Crippen LogP contribution in [0.4, 0.5) is 0 Å². The van der Waals surface area contributed by atoms with Crippen LogP contribution in [0, 0.1) is 0 Å². The fourth-order valence-corrected chi connectivity index (χ4v) is 1.34. The Morgan fingerprint density at radius 2 is 2.27 bits per heavy atom. The topological polar surface area (TPSA) is 47.9 Å². The third-order valence-electron chi connectivity index (χ3n) is 1.56. The van der Waals surface area contributed by atoms with Gasteiger partial charge in [-0.1, -0.05) is 21.1 Å². The lowest BCUT2D eigenvalue weighted by molar-refractivity contribution is -0.140. The summed E-state index contributed by atoms with van der Waals surface area (Å²) >= 11 is 3.32. The normalized spacial score (nSPS) is 10.3. The van der Waals surface area contributed by atoms with E-state index in [-0.39, 0.29) is 0 Å². The maximum Gasteiger partial charge on any atom is 0.331 e. The molecule has 0 heterocycles.